The summed E-state index contributed by atoms with van der Waals surface area (Å²) >= 11 is -2.27. The van der Waals surface area contributed by atoms with Crippen LogP contribution in [0.5, 0.6) is 11.5 Å². The zero-order chi connectivity index (χ0) is 31.7. The molecular weight excluding hydrogens is 601 g/mol. The second-order valence-electron chi connectivity index (χ2n) is 13.1. The highest BCUT2D eigenvalue weighted by atomic mass is 32.2. The van der Waals surface area contributed by atoms with Crippen LogP contribution in [0.25, 0.3) is 0 Å². The molecule has 3 atom stereocenters. The molecule has 1 spiro atoms. The van der Waals surface area contributed by atoms with Gasteiger partial charge in [-0.2, -0.15) is 4.41 Å². The van der Waals surface area contributed by atoms with Crippen molar-refractivity contribution in [2.45, 2.75) is 64.1 Å². The van der Waals surface area contributed by atoms with E-state index in [-0.39, 0.29) is 40.8 Å². The molecule has 0 radical (unpaired) electrons. The van der Waals surface area contributed by atoms with Crippen molar-refractivity contribution in [3.8, 4) is 11.5 Å². The van der Waals surface area contributed by atoms with Crippen LogP contribution < -0.4 is 9.64 Å². The standard InChI is InChI=1S/C31H44FN7O5S/c1-22(2)35(3)30(40)26-15-23(32)5-8-27(26)44-28-16-33-21-34-29(28)37-19-31(20-37)9-13-36(14-10-31)17-25-7-6-24(18-43-25)39(45(41)42)38-11-4-12-38/h5,8,15-16,21-22,24-25H,4,6-7,9-14,17-20H2,1-3H3,(H,41,42)/p-1/t24-,25+/m1/s1. The molecule has 2 aromatic rings. The van der Waals surface area contributed by atoms with Crippen LogP contribution in [0.4, 0.5) is 10.2 Å². The van der Waals surface area contributed by atoms with Crippen molar-refractivity contribution in [2.75, 3.05) is 64.4 Å². The van der Waals surface area contributed by atoms with Crippen LogP contribution in [0.2, 0.25) is 0 Å². The van der Waals surface area contributed by atoms with Gasteiger partial charge in [0.25, 0.3) is 5.91 Å². The van der Waals surface area contributed by atoms with E-state index in [0.717, 1.165) is 77.9 Å². The lowest BCUT2D eigenvalue weighted by molar-refractivity contribution is -0.0998. The van der Waals surface area contributed by atoms with Crippen LogP contribution in [0.3, 0.4) is 0 Å². The van der Waals surface area contributed by atoms with Crippen molar-refractivity contribution in [1.82, 2.24) is 29.2 Å². The fourth-order valence-electron chi connectivity index (χ4n) is 6.70. The van der Waals surface area contributed by atoms with Gasteiger partial charge in [-0.3, -0.25) is 9.00 Å². The van der Waals surface area contributed by atoms with Crippen LogP contribution in [-0.4, -0.2) is 122 Å². The summed E-state index contributed by atoms with van der Waals surface area (Å²) in [5.74, 6) is 0.527. The zero-order valence-corrected chi connectivity index (χ0v) is 27.1. The molecule has 0 saturated carbocycles. The first-order valence-electron chi connectivity index (χ1n) is 15.9. The molecular formula is C31H43FN7O5S-. The van der Waals surface area contributed by atoms with Gasteiger partial charge in [0.05, 0.1) is 30.5 Å². The fraction of sp³-hybridized carbons (Fsp3) is 0.645. The molecule has 6 rings (SSSR count). The van der Waals surface area contributed by atoms with E-state index in [4.69, 9.17) is 9.47 Å². The van der Waals surface area contributed by atoms with E-state index >= 15 is 0 Å². The summed E-state index contributed by atoms with van der Waals surface area (Å²) < 4.78 is 51.6. The molecule has 14 heteroatoms. The number of piperidine rings is 1. The molecule has 1 amide bonds. The zero-order valence-electron chi connectivity index (χ0n) is 26.3. The molecule has 1 aromatic carbocycles. The number of hydrogen-bond acceptors (Lipinski definition) is 10. The summed E-state index contributed by atoms with van der Waals surface area (Å²) in [5, 5.41) is 1.90. The van der Waals surface area contributed by atoms with Gasteiger partial charge >= 0.3 is 0 Å². The summed E-state index contributed by atoms with van der Waals surface area (Å²) in [6.45, 7) is 10.3. The number of ether oxygens (including phenoxy) is 2. The Labute approximate surface area is 266 Å². The normalized spacial score (nSPS) is 24.4. The minimum Gasteiger partial charge on any atom is -0.759 e. The highest BCUT2D eigenvalue weighted by Gasteiger charge is 2.46. The molecule has 1 unspecified atom stereocenters. The van der Waals surface area contributed by atoms with Gasteiger partial charge in [0.15, 0.2) is 11.6 Å². The highest BCUT2D eigenvalue weighted by molar-refractivity contribution is 7.76. The molecule has 5 heterocycles. The van der Waals surface area contributed by atoms with E-state index in [1.165, 1.54) is 28.9 Å². The van der Waals surface area contributed by atoms with E-state index in [1.807, 2.05) is 18.9 Å². The monoisotopic (exact) mass is 644 g/mol. The van der Waals surface area contributed by atoms with Crippen molar-refractivity contribution in [3.63, 3.8) is 0 Å². The van der Waals surface area contributed by atoms with E-state index in [9.17, 15) is 17.9 Å². The average molecular weight is 645 g/mol. The number of anilines is 1. The highest BCUT2D eigenvalue weighted by Crippen LogP contribution is 2.45. The number of rotatable bonds is 10. The molecule has 1 aromatic heterocycles. The van der Waals surface area contributed by atoms with E-state index in [2.05, 4.69) is 19.8 Å². The largest absolute Gasteiger partial charge is 0.759 e. The van der Waals surface area contributed by atoms with Crippen molar-refractivity contribution in [3.05, 3.63) is 42.1 Å². The third-order valence-corrected chi connectivity index (χ3v) is 10.6. The average Bonchev–Trinajstić information content (AvgIpc) is 2.99. The van der Waals surface area contributed by atoms with Crippen molar-refractivity contribution < 1.29 is 27.4 Å². The minimum absolute atomic E-state index is 0.0564. The summed E-state index contributed by atoms with van der Waals surface area (Å²) in [6.07, 6.45) is 8.03. The first-order valence-corrected chi connectivity index (χ1v) is 16.9. The molecule has 4 aliphatic rings. The Balaban J connectivity index is 1.01. The van der Waals surface area contributed by atoms with Gasteiger partial charge in [0.2, 0.25) is 0 Å². The predicted molar refractivity (Wildman–Crippen MR) is 166 cm³/mol. The molecule has 45 heavy (non-hydrogen) atoms. The number of benzene rings is 1. The Morgan fingerprint density at radius 3 is 2.58 bits per heavy atom. The minimum atomic E-state index is -2.27. The van der Waals surface area contributed by atoms with Gasteiger partial charge < -0.3 is 28.7 Å². The SMILES string of the molecule is CC(C)N(C)C(=O)c1cc(F)ccc1Oc1cncnc1N1CC2(CCN(C[C@@H]3CC[C@@H](N(N4CCC4)S(=O)[O-])CO3)CC2)C1. The van der Waals surface area contributed by atoms with Crippen LogP contribution in [0.1, 0.15) is 56.3 Å². The lowest BCUT2D eigenvalue weighted by Gasteiger charge is -2.54. The molecule has 4 aliphatic heterocycles. The maximum Gasteiger partial charge on any atom is 0.257 e. The smallest absolute Gasteiger partial charge is 0.257 e. The maximum atomic E-state index is 14.2. The number of nitrogens with zero attached hydrogens (tertiary/aromatic N) is 7. The summed E-state index contributed by atoms with van der Waals surface area (Å²) in [6, 6.07) is 3.80. The Hall–Kier alpha value is -2.75. The van der Waals surface area contributed by atoms with Crippen LogP contribution in [0.15, 0.2) is 30.7 Å². The topological polar surface area (TPSA) is 118 Å². The lowest BCUT2D eigenvalue weighted by Crippen LogP contribution is -2.61. The number of carbonyl (C=O) groups excluding carboxylic acids is 1. The second kappa shape index (κ2) is 13.5. The van der Waals surface area contributed by atoms with Gasteiger partial charge in [-0.1, -0.05) is 0 Å². The number of amides is 1. The summed E-state index contributed by atoms with van der Waals surface area (Å²) in [7, 11) is 1.68. The fourth-order valence-corrected chi connectivity index (χ4v) is 7.46. The molecule has 4 saturated heterocycles. The van der Waals surface area contributed by atoms with Crippen LogP contribution in [-0.2, 0) is 16.0 Å². The maximum absolute atomic E-state index is 14.2. The molecule has 0 N–H and O–H groups in total. The number of hydrogen-bond donors (Lipinski definition) is 0. The van der Waals surface area contributed by atoms with Crippen molar-refractivity contribution in [2.24, 2.45) is 5.41 Å². The van der Waals surface area contributed by atoms with Crippen molar-refractivity contribution in [1.29, 1.82) is 0 Å². The Morgan fingerprint density at radius 1 is 1.20 bits per heavy atom. The van der Waals surface area contributed by atoms with Crippen molar-refractivity contribution >= 4 is 23.0 Å². The van der Waals surface area contributed by atoms with Gasteiger partial charge in [0.1, 0.15) is 17.9 Å². The number of halogens is 1. The molecule has 246 valence electrons. The predicted octanol–water partition coefficient (Wildman–Crippen LogP) is 3.06. The van der Waals surface area contributed by atoms with Gasteiger partial charge in [0, 0.05) is 62.5 Å². The first kappa shape index (κ1) is 32.2. The third kappa shape index (κ3) is 7.00. The third-order valence-electron chi connectivity index (χ3n) is 9.80. The number of likely N-dealkylation sites (tertiary alicyclic amines) is 1. The van der Waals surface area contributed by atoms with E-state index < -0.39 is 17.1 Å². The van der Waals surface area contributed by atoms with E-state index in [1.54, 1.807) is 18.1 Å². The Bertz CT molecular complexity index is 1370. The Kier molecular flexibility index (Phi) is 9.69. The van der Waals surface area contributed by atoms with E-state index in [0.29, 0.717) is 18.2 Å². The lowest BCUT2D eigenvalue weighted by atomic mass is 9.72. The van der Waals surface area contributed by atoms with Crippen LogP contribution >= 0.6 is 0 Å². The number of aromatic nitrogens is 2. The second-order valence-corrected chi connectivity index (χ2v) is 13.9. The molecule has 4 fully saturated rings. The first-order chi connectivity index (χ1) is 21.6. The number of hydrazine groups is 1. The molecule has 12 nitrogen and oxygen atoms in total. The van der Waals surface area contributed by atoms with Gasteiger partial charge in [-0.25, -0.2) is 19.4 Å². The van der Waals surface area contributed by atoms with Crippen LogP contribution in [0, 0.1) is 11.2 Å². The summed E-state index contributed by atoms with van der Waals surface area (Å²) in [5.41, 5.74) is 0.351. The quantitative estimate of drug-likeness (QED) is 0.357. The van der Waals surface area contributed by atoms with Gasteiger partial charge in [-0.05, 0) is 77.2 Å². The molecule has 0 aliphatic carbocycles. The van der Waals surface area contributed by atoms with Gasteiger partial charge in [-0.15, -0.1) is 0 Å². The summed E-state index contributed by atoms with van der Waals surface area (Å²) in [4.78, 5) is 28.0. The Morgan fingerprint density at radius 2 is 1.96 bits per heavy atom. The number of carbonyl (C=O) groups is 1. The molecule has 0 bridgehead atoms.